The Bertz CT molecular complexity index is 134. The topological polar surface area (TPSA) is 37.3 Å². The SMILES string of the molecule is CCC(CO)C(=O)C1CCC1. The zero-order chi connectivity index (χ0) is 8.27. The highest BCUT2D eigenvalue weighted by Gasteiger charge is 2.29. The molecule has 1 fully saturated rings. The number of carbonyl (C=O) groups is 1. The molecule has 2 heteroatoms. The van der Waals surface area contributed by atoms with Crippen LogP contribution in [0.3, 0.4) is 0 Å². The number of aliphatic hydroxyl groups is 1. The largest absolute Gasteiger partial charge is 0.396 e. The fourth-order valence-corrected chi connectivity index (χ4v) is 1.45. The van der Waals surface area contributed by atoms with Gasteiger partial charge in [-0.05, 0) is 19.3 Å². The van der Waals surface area contributed by atoms with Crippen LogP contribution in [0.1, 0.15) is 32.6 Å². The molecule has 0 radical (unpaired) electrons. The first-order valence-corrected chi connectivity index (χ1v) is 4.44. The molecule has 0 saturated heterocycles. The Morgan fingerprint density at radius 2 is 2.27 bits per heavy atom. The Kier molecular flexibility index (Phi) is 3.06. The van der Waals surface area contributed by atoms with E-state index >= 15 is 0 Å². The Labute approximate surface area is 67.6 Å². The number of ketones is 1. The first-order chi connectivity index (χ1) is 5.29. The van der Waals surface area contributed by atoms with Gasteiger partial charge < -0.3 is 5.11 Å². The summed E-state index contributed by atoms with van der Waals surface area (Å²) in [6, 6.07) is 0. The molecule has 0 heterocycles. The summed E-state index contributed by atoms with van der Waals surface area (Å²) in [6.07, 6.45) is 4.08. The minimum atomic E-state index is -0.0831. The first kappa shape index (κ1) is 8.72. The van der Waals surface area contributed by atoms with E-state index in [9.17, 15) is 4.79 Å². The van der Waals surface area contributed by atoms with Gasteiger partial charge in [-0.25, -0.2) is 0 Å². The Hall–Kier alpha value is -0.370. The number of hydrogen-bond acceptors (Lipinski definition) is 2. The van der Waals surface area contributed by atoms with Crippen molar-refractivity contribution in [2.75, 3.05) is 6.61 Å². The fraction of sp³-hybridized carbons (Fsp3) is 0.889. The van der Waals surface area contributed by atoms with Crippen LogP contribution in [-0.2, 0) is 4.79 Å². The molecule has 0 amide bonds. The Morgan fingerprint density at radius 1 is 1.64 bits per heavy atom. The van der Waals surface area contributed by atoms with Gasteiger partial charge in [-0.15, -0.1) is 0 Å². The molecular formula is C9H16O2. The second-order valence-corrected chi connectivity index (χ2v) is 3.32. The van der Waals surface area contributed by atoms with Crippen LogP contribution >= 0.6 is 0 Å². The highest BCUT2D eigenvalue weighted by atomic mass is 16.3. The van der Waals surface area contributed by atoms with E-state index in [4.69, 9.17) is 5.11 Å². The lowest BCUT2D eigenvalue weighted by atomic mass is 9.77. The third-order valence-electron chi connectivity index (χ3n) is 2.62. The zero-order valence-corrected chi connectivity index (χ0v) is 7.05. The molecule has 0 aromatic rings. The van der Waals surface area contributed by atoms with E-state index < -0.39 is 0 Å². The second kappa shape index (κ2) is 3.86. The second-order valence-electron chi connectivity index (χ2n) is 3.32. The number of carbonyl (C=O) groups excluding carboxylic acids is 1. The maximum absolute atomic E-state index is 11.4. The molecule has 1 rings (SSSR count). The molecule has 1 N–H and O–H groups in total. The number of rotatable bonds is 4. The van der Waals surface area contributed by atoms with Gasteiger partial charge >= 0.3 is 0 Å². The molecular weight excluding hydrogens is 140 g/mol. The summed E-state index contributed by atoms with van der Waals surface area (Å²) >= 11 is 0. The molecule has 0 bridgehead atoms. The molecule has 0 aromatic heterocycles. The van der Waals surface area contributed by atoms with E-state index in [0.717, 1.165) is 19.3 Å². The molecule has 1 aliphatic carbocycles. The van der Waals surface area contributed by atoms with E-state index in [1.165, 1.54) is 6.42 Å². The van der Waals surface area contributed by atoms with Gasteiger partial charge in [0.25, 0.3) is 0 Å². The molecule has 64 valence electrons. The van der Waals surface area contributed by atoms with Crippen molar-refractivity contribution in [2.45, 2.75) is 32.6 Å². The Balaban J connectivity index is 2.36. The molecule has 1 atom stereocenters. The molecule has 0 aromatic carbocycles. The smallest absolute Gasteiger partial charge is 0.141 e. The quantitative estimate of drug-likeness (QED) is 0.667. The predicted octanol–water partition coefficient (Wildman–Crippen LogP) is 1.37. The van der Waals surface area contributed by atoms with Gasteiger partial charge in [0, 0.05) is 11.8 Å². The summed E-state index contributed by atoms with van der Waals surface area (Å²) in [4.78, 5) is 11.4. The van der Waals surface area contributed by atoms with Gasteiger partial charge in [0.1, 0.15) is 5.78 Å². The van der Waals surface area contributed by atoms with Crippen LogP contribution in [0.5, 0.6) is 0 Å². The first-order valence-electron chi connectivity index (χ1n) is 4.44. The van der Waals surface area contributed by atoms with Gasteiger partial charge in [-0.1, -0.05) is 13.3 Å². The lowest BCUT2D eigenvalue weighted by Gasteiger charge is -2.26. The van der Waals surface area contributed by atoms with Crippen molar-refractivity contribution in [3.8, 4) is 0 Å². The lowest BCUT2D eigenvalue weighted by Crippen LogP contribution is -2.30. The monoisotopic (exact) mass is 156 g/mol. The summed E-state index contributed by atoms with van der Waals surface area (Å²) in [5, 5.41) is 8.84. The third kappa shape index (κ3) is 1.80. The van der Waals surface area contributed by atoms with Crippen LogP contribution in [-0.4, -0.2) is 17.5 Å². The van der Waals surface area contributed by atoms with E-state index in [1.54, 1.807) is 0 Å². The summed E-state index contributed by atoms with van der Waals surface area (Å²) in [5.74, 6) is 0.494. The predicted molar refractivity (Wildman–Crippen MR) is 43.2 cm³/mol. The molecule has 1 unspecified atom stereocenters. The van der Waals surface area contributed by atoms with Crippen molar-refractivity contribution >= 4 is 5.78 Å². The van der Waals surface area contributed by atoms with E-state index in [-0.39, 0.29) is 18.4 Å². The van der Waals surface area contributed by atoms with Gasteiger partial charge in [0.05, 0.1) is 6.61 Å². The normalized spacial score (nSPS) is 20.9. The maximum Gasteiger partial charge on any atom is 0.141 e. The summed E-state index contributed by atoms with van der Waals surface area (Å²) in [7, 11) is 0. The van der Waals surface area contributed by atoms with Gasteiger partial charge in [-0.3, -0.25) is 4.79 Å². The van der Waals surface area contributed by atoms with E-state index in [1.807, 2.05) is 6.92 Å². The van der Waals surface area contributed by atoms with Crippen molar-refractivity contribution in [3.05, 3.63) is 0 Å². The van der Waals surface area contributed by atoms with Crippen LogP contribution in [0.25, 0.3) is 0 Å². The number of Topliss-reactive ketones (excluding diaryl/α,β-unsaturated/α-hetero) is 1. The molecule has 0 aliphatic heterocycles. The molecule has 0 spiro atoms. The number of aliphatic hydroxyl groups excluding tert-OH is 1. The van der Waals surface area contributed by atoms with Crippen LogP contribution in [0, 0.1) is 11.8 Å². The minimum absolute atomic E-state index is 0.0336. The zero-order valence-electron chi connectivity index (χ0n) is 7.05. The summed E-state index contributed by atoms with van der Waals surface area (Å²) in [5.41, 5.74) is 0. The molecule has 2 nitrogen and oxygen atoms in total. The van der Waals surface area contributed by atoms with Crippen molar-refractivity contribution in [1.82, 2.24) is 0 Å². The van der Waals surface area contributed by atoms with E-state index in [0.29, 0.717) is 5.78 Å². The maximum atomic E-state index is 11.4. The van der Waals surface area contributed by atoms with Crippen molar-refractivity contribution in [1.29, 1.82) is 0 Å². The van der Waals surface area contributed by atoms with Gasteiger partial charge in [0.15, 0.2) is 0 Å². The molecule has 1 saturated carbocycles. The average Bonchev–Trinajstić information content (AvgIpc) is 1.86. The minimum Gasteiger partial charge on any atom is -0.396 e. The van der Waals surface area contributed by atoms with Crippen LogP contribution in [0.2, 0.25) is 0 Å². The number of hydrogen-bond donors (Lipinski definition) is 1. The van der Waals surface area contributed by atoms with Gasteiger partial charge in [-0.2, -0.15) is 0 Å². The molecule has 11 heavy (non-hydrogen) atoms. The van der Waals surface area contributed by atoms with Crippen LogP contribution in [0.4, 0.5) is 0 Å². The van der Waals surface area contributed by atoms with Gasteiger partial charge in [0.2, 0.25) is 0 Å². The van der Waals surface area contributed by atoms with Crippen molar-refractivity contribution in [2.24, 2.45) is 11.8 Å². The van der Waals surface area contributed by atoms with Crippen molar-refractivity contribution in [3.63, 3.8) is 0 Å². The average molecular weight is 156 g/mol. The van der Waals surface area contributed by atoms with E-state index in [2.05, 4.69) is 0 Å². The fourth-order valence-electron chi connectivity index (χ4n) is 1.45. The van der Waals surface area contributed by atoms with Crippen LogP contribution < -0.4 is 0 Å². The summed E-state index contributed by atoms with van der Waals surface area (Å²) < 4.78 is 0. The Morgan fingerprint density at radius 3 is 2.55 bits per heavy atom. The standard InChI is InChI=1S/C9H16O2/c1-2-7(6-10)9(11)8-4-3-5-8/h7-8,10H,2-6H2,1H3. The summed E-state index contributed by atoms with van der Waals surface area (Å²) in [6.45, 7) is 1.99. The lowest BCUT2D eigenvalue weighted by molar-refractivity contribution is -0.130. The van der Waals surface area contributed by atoms with Crippen LogP contribution in [0.15, 0.2) is 0 Å². The molecule has 1 aliphatic rings. The highest BCUT2D eigenvalue weighted by molar-refractivity contribution is 5.84. The van der Waals surface area contributed by atoms with Crippen molar-refractivity contribution < 1.29 is 9.90 Å². The third-order valence-corrected chi connectivity index (χ3v) is 2.62. The highest BCUT2D eigenvalue weighted by Crippen LogP contribution is 2.30.